The van der Waals surface area contributed by atoms with E-state index in [1.807, 2.05) is 32.0 Å². The van der Waals surface area contributed by atoms with Gasteiger partial charge in [0.1, 0.15) is 11.7 Å². The summed E-state index contributed by atoms with van der Waals surface area (Å²) in [7, 11) is 0. The summed E-state index contributed by atoms with van der Waals surface area (Å²) in [4.78, 5) is 17.6. The summed E-state index contributed by atoms with van der Waals surface area (Å²) in [6, 6.07) is 16.7. The molecule has 2 heterocycles. The van der Waals surface area contributed by atoms with Gasteiger partial charge >= 0.3 is 6.18 Å². The number of pyridine rings is 1. The van der Waals surface area contributed by atoms with Gasteiger partial charge in [-0.1, -0.05) is 24.3 Å². The van der Waals surface area contributed by atoms with Gasteiger partial charge in [0.05, 0.1) is 22.9 Å². The molecule has 0 fully saturated rings. The molecule has 0 radical (unpaired) electrons. The first-order chi connectivity index (χ1) is 18.2. The van der Waals surface area contributed by atoms with Crippen molar-refractivity contribution in [1.82, 2.24) is 9.55 Å². The average Bonchev–Trinajstić information content (AvgIpc) is 3.20. The van der Waals surface area contributed by atoms with E-state index in [4.69, 9.17) is 4.98 Å². The highest BCUT2D eigenvalue weighted by atomic mass is 19.4. The third-order valence-corrected chi connectivity index (χ3v) is 6.95. The van der Waals surface area contributed by atoms with Crippen LogP contribution in [0.4, 0.5) is 18.9 Å². The smallest absolute Gasteiger partial charge is 0.323 e. The second-order valence-electron chi connectivity index (χ2n) is 9.53. The Morgan fingerprint density at radius 2 is 1.89 bits per heavy atom. The van der Waals surface area contributed by atoms with Crippen LogP contribution in [0.5, 0.6) is 0 Å². The molecule has 0 saturated heterocycles. The number of nitriles is 1. The summed E-state index contributed by atoms with van der Waals surface area (Å²) in [5.41, 5.74) is 5.34. The first-order valence-electron chi connectivity index (χ1n) is 12.3. The first kappa shape index (κ1) is 25.3. The number of amides is 1. The Hall–Kier alpha value is -4.38. The van der Waals surface area contributed by atoms with Crippen LogP contribution in [0.25, 0.3) is 17.1 Å². The van der Waals surface area contributed by atoms with Crippen LogP contribution in [-0.2, 0) is 17.4 Å². The van der Waals surface area contributed by atoms with Crippen LogP contribution in [0.1, 0.15) is 58.1 Å². The van der Waals surface area contributed by atoms with Crippen molar-refractivity contribution in [3.05, 3.63) is 99.9 Å². The summed E-state index contributed by atoms with van der Waals surface area (Å²) < 4.78 is 40.6. The summed E-state index contributed by atoms with van der Waals surface area (Å²) >= 11 is 0. The van der Waals surface area contributed by atoms with Crippen LogP contribution in [0.15, 0.2) is 60.7 Å². The Labute approximate surface area is 218 Å². The lowest BCUT2D eigenvalue weighted by Crippen LogP contribution is -2.19. The fourth-order valence-electron chi connectivity index (χ4n) is 5.33. The van der Waals surface area contributed by atoms with Crippen molar-refractivity contribution in [3.63, 3.8) is 0 Å². The predicted octanol–water partition coefficient (Wildman–Crippen LogP) is 7.12. The van der Waals surface area contributed by atoms with Crippen molar-refractivity contribution < 1.29 is 18.0 Å². The van der Waals surface area contributed by atoms with Crippen LogP contribution < -0.4 is 5.32 Å². The number of aryl methyl sites for hydroxylation is 3. The molecule has 1 atom stereocenters. The summed E-state index contributed by atoms with van der Waals surface area (Å²) in [6.45, 7) is 3.86. The molecule has 2 aromatic carbocycles. The normalized spacial score (nSPS) is 15.4. The number of hydrogen-bond acceptors (Lipinski definition) is 3. The van der Waals surface area contributed by atoms with E-state index >= 15 is 0 Å². The van der Waals surface area contributed by atoms with Gasteiger partial charge in [0, 0.05) is 22.8 Å². The predicted molar refractivity (Wildman–Crippen MR) is 141 cm³/mol. The molecule has 2 aromatic heterocycles. The molecule has 5 rings (SSSR count). The minimum Gasteiger partial charge on any atom is -0.323 e. The molecule has 38 heavy (non-hydrogen) atoms. The number of nitrogens with zero attached hydrogens (tertiary/aromatic N) is 3. The molecule has 1 aliphatic carbocycles. The van der Waals surface area contributed by atoms with Gasteiger partial charge in [-0.15, -0.1) is 0 Å². The van der Waals surface area contributed by atoms with Crippen molar-refractivity contribution in [2.75, 3.05) is 5.32 Å². The van der Waals surface area contributed by atoms with Crippen molar-refractivity contribution in [3.8, 4) is 6.07 Å². The fourth-order valence-corrected chi connectivity index (χ4v) is 5.33. The Morgan fingerprint density at radius 1 is 1.16 bits per heavy atom. The standard InChI is InChI=1S/C30H25F3N4O/c1-18-16-19(2)35-29-28(18)24(17-34)26(37(29)25-9-5-7-20-6-3-4-8-23(20)25)14-15-27(38)36-22-12-10-21(11-13-22)30(31,32)33/h3-4,6,8,10-16,25H,5,7,9H2,1-2H3,(H,36,38)/b15-14+/t25-/m0/s1. The second kappa shape index (κ2) is 9.82. The van der Waals surface area contributed by atoms with Crippen LogP contribution >= 0.6 is 0 Å². The third kappa shape index (κ3) is 4.68. The zero-order valence-corrected chi connectivity index (χ0v) is 20.9. The molecule has 192 valence electrons. The van der Waals surface area contributed by atoms with Gasteiger partial charge in [-0.3, -0.25) is 4.79 Å². The number of rotatable bonds is 4. The Kier molecular flexibility index (Phi) is 6.53. The maximum absolute atomic E-state index is 12.9. The maximum atomic E-state index is 12.9. The number of carbonyl (C=O) groups excluding carboxylic acids is 1. The van der Waals surface area contributed by atoms with Crippen molar-refractivity contribution in [2.24, 2.45) is 0 Å². The molecule has 0 unspecified atom stereocenters. The van der Waals surface area contributed by atoms with E-state index < -0.39 is 17.6 Å². The molecule has 1 N–H and O–H groups in total. The molecule has 1 aliphatic rings. The monoisotopic (exact) mass is 514 g/mol. The fraction of sp³-hybridized carbons (Fsp3) is 0.233. The highest BCUT2D eigenvalue weighted by Gasteiger charge is 2.30. The minimum atomic E-state index is -4.45. The lowest BCUT2D eigenvalue weighted by Gasteiger charge is -2.28. The molecule has 5 nitrogen and oxygen atoms in total. The van der Waals surface area contributed by atoms with Crippen LogP contribution in [0.2, 0.25) is 0 Å². The number of halogens is 3. The van der Waals surface area contributed by atoms with Gasteiger partial charge in [0.15, 0.2) is 0 Å². The number of hydrogen-bond donors (Lipinski definition) is 1. The number of carbonyl (C=O) groups is 1. The average molecular weight is 515 g/mol. The number of benzene rings is 2. The zero-order valence-electron chi connectivity index (χ0n) is 20.9. The van der Waals surface area contributed by atoms with Gasteiger partial charge in [0.25, 0.3) is 0 Å². The number of nitrogens with one attached hydrogen (secondary N) is 1. The minimum absolute atomic E-state index is 0.0594. The summed E-state index contributed by atoms with van der Waals surface area (Å²) in [6.07, 6.45) is 1.27. The van der Waals surface area contributed by atoms with Crippen molar-refractivity contribution >= 4 is 28.7 Å². The van der Waals surface area contributed by atoms with E-state index in [2.05, 4.69) is 28.1 Å². The Balaban J connectivity index is 1.58. The molecule has 4 aromatic rings. The Bertz CT molecular complexity index is 1610. The summed E-state index contributed by atoms with van der Waals surface area (Å²) in [5.74, 6) is -0.518. The highest BCUT2D eigenvalue weighted by molar-refractivity contribution is 6.03. The number of anilines is 1. The largest absolute Gasteiger partial charge is 0.416 e. The molecule has 0 bridgehead atoms. The molecule has 0 aliphatic heterocycles. The molecular weight excluding hydrogens is 489 g/mol. The Morgan fingerprint density at radius 3 is 2.61 bits per heavy atom. The van der Waals surface area contributed by atoms with Gasteiger partial charge in [0.2, 0.25) is 5.91 Å². The maximum Gasteiger partial charge on any atom is 0.416 e. The number of aromatic nitrogens is 2. The number of alkyl halides is 3. The van der Waals surface area contributed by atoms with Crippen LogP contribution in [-0.4, -0.2) is 15.5 Å². The van der Waals surface area contributed by atoms with Gasteiger partial charge in [-0.25, -0.2) is 4.98 Å². The lowest BCUT2D eigenvalue weighted by atomic mass is 9.87. The lowest BCUT2D eigenvalue weighted by molar-refractivity contribution is -0.137. The van der Waals surface area contributed by atoms with Gasteiger partial charge < -0.3 is 9.88 Å². The quantitative estimate of drug-likeness (QED) is 0.295. The molecule has 0 saturated carbocycles. The van der Waals surface area contributed by atoms with Crippen LogP contribution in [0, 0.1) is 25.2 Å². The molecule has 8 heteroatoms. The highest BCUT2D eigenvalue weighted by Crippen LogP contribution is 2.39. The van der Waals surface area contributed by atoms with E-state index in [9.17, 15) is 23.2 Å². The molecule has 1 amide bonds. The summed E-state index contributed by atoms with van der Waals surface area (Å²) in [5, 5.41) is 13.5. The van der Waals surface area contributed by atoms with Gasteiger partial charge in [-0.2, -0.15) is 18.4 Å². The second-order valence-corrected chi connectivity index (χ2v) is 9.53. The molecule has 0 spiro atoms. The van der Waals surface area contributed by atoms with Gasteiger partial charge in [-0.05, 0) is 86.2 Å². The van der Waals surface area contributed by atoms with Crippen LogP contribution in [0.3, 0.4) is 0 Å². The SMILES string of the molecule is Cc1cc(C)c2c(C#N)c(/C=C/C(=O)Nc3ccc(C(F)(F)F)cc3)n([C@H]3CCCc4ccccc43)c2n1. The number of fused-ring (bicyclic) bond motifs is 2. The van der Waals surface area contributed by atoms with E-state index in [1.165, 1.54) is 29.3 Å². The topological polar surface area (TPSA) is 70.7 Å². The van der Waals surface area contributed by atoms with E-state index in [0.29, 0.717) is 16.9 Å². The van der Waals surface area contributed by atoms with Crippen molar-refractivity contribution in [2.45, 2.75) is 45.3 Å². The van der Waals surface area contributed by atoms with Crippen molar-refractivity contribution in [1.29, 1.82) is 5.26 Å². The van der Waals surface area contributed by atoms with E-state index in [1.54, 1.807) is 6.08 Å². The van der Waals surface area contributed by atoms with E-state index in [-0.39, 0.29) is 11.7 Å². The zero-order chi connectivity index (χ0) is 27.0. The molecular formula is C30H25F3N4O. The first-order valence-corrected chi connectivity index (χ1v) is 12.3. The van der Waals surface area contributed by atoms with E-state index in [0.717, 1.165) is 48.0 Å². The third-order valence-electron chi connectivity index (χ3n) is 6.95.